The van der Waals surface area contributed by atoms with Crippen LogP contribution in [-0.2, 0) is 9.53 Å². The molecule has 0 N–H and O–H groups in total. The number of nitrogens with zero attached hydrogens (tertiary/aromatic N) is 2. The fourth-order valence-corrected chi connectivity index (χ4v) is 2.31. The fraction of sp³-hybridized carbons (Fsp3) is 0.333. The molecule has 0 amide bonds. The average molecular weight is 256 g/mol. The van der Waals surface area contributed by atoms with E-state index in [4.69, 9.17) is 4.74 Å². The number of hydrogen-bond donors (Lipinski definition) is 0. The summed E-state index contributed by atoms with van der Waals surface area (Å²) < 4.78 is 4.84. The Labute approximate surface area is 112 Å². The summed E-state index contributed by atoms with van der Waals surface area (Å²) >= 11 is 0. The maximum atomic E-state index is 11.8. The number of carbonyl (C=O) groups excluding carboxylic acids is 1. The van der Waals surface area contributed by atoms with Crippen LogP contribution in [0.2, 0.25) is 0 Å². The van der Waals surface area contributed by atoms with Crippen molar-refractivity contribution >= 4 is 11.7 Å². The molecule has 19 heavy (non-hydrogen) atoms. The Kier molecular flexibility index (Phi) is 3.86. The zero-order valence-electron chi connectivity index (χ0n) is 11.0. The Morgan fingerprint density at radius 2 is 2.11 bits per heavy atom. The lowest BCUT2D eigenvalue weighted by Gasteiger charge is -2.34. The maximum absolute atomic E-state index is 11.8. The van der Waals surface area contributed by atoms with Crippen LogP contribution in [0.25, 0.3) is 0 Å². The van der Waals surface area contributed by atoms with Gasteiger partial charge in [-0.1, -0.05) is 25.1 Å². The van der Waals surface area contributed by atoms with Crippen LogP contribution in [0.5, 0.6) is 0 Å². The van der Waals surface area contributed by atoms with E-state index < -0.39 is 0 Å². The molecule has 98 valence electrons. The molecule has 1 heterocycles. The van der Waals surface area contributed by atoms with E-state index >= 15 is 0 Å². The van der Waals surface area contributed by atoms with Crippen molar-refractivity contribution in [3.8, 4) is 6.07 Å². The fourth-order valence-electron chi connectivity index (χ4n) is 2.31. The number of allylic oxidation sites excluding steroid dienone is 2. The number of methoxy groups -OCH3 is 1. The molecule has 4 nitrogen and oxygen atoms in total. The van der Waals surface area contributed by atoms with Crippen molar-refractivity contribution in [3.05, 3.63) is 42.1 Å². The van der Waals surface area contributed by atoms with E-state index in [2.05, 4.69) is 6.07 Å². The predicted molar refractivity (Wildman–Crippen MR) is 72.2 cm³/mol. The molecule has 2 atom stereocenters. The molecule has 0 aliphatic carbocycles. The van der Waals surface area contributed by atoms with Crippen LogP contribution in [-0.4, -0.2) is 19.6 Å². The van der Waals surface area contributed by atoms with Gasteiger partial charge in [0.05, 0.1) is 13.0 Å². The van der Waals surface area contributed by atoms with Gasteiger partial charge >= 0.3 is 5.97 Å². The summed E-state index contributed by atoms with van der Waals surface area (Å²) in [4.78, 5) is 13.7. The SMILES string of the molecule is COC(=O)[C@@H]1CN(c2ccccc2)C(C#N)=C[C@@H]1C. The lowest BCUT2D eigenvalue weighted by molar-refractivity contribution is -0.146. The Hall–Kier alpha value is -2.28. The minimum Gasteiger partial charge on any atom is -0.469 e. The normalized spacial score (nSPS) is 22.4. The van der Waals surface area contributed by atoms with E-state index in [0.29, 0.717) is 12.2 Å². The third kappa shape index (κ3) is 2.60. The van der Waals surface area contributed by atoms with Gasteiger partial charge in [0, 0.05) is 12.2 Å². The van der Waals surface area contributed by atoms with E-state index in [1.807, 2.05) is 48.2 Å². The quantitative estimate of drug-likeness (QED) is 0.762. The molecular formula is C15H16N2O2. The summed E-state index contributed by atoms with van der Waals surface area (Å²) in [6.07, 6.45) is 1.83. The Balaban J connectivity index is 2.35. The van der Waals surface area contributed by atoms with Crippen LogP contribution in [0.4, 0.5) is 5.69 Å². The second-order valence-electron chi connectivity index (χ2n) is 4.60. The number of anilines is 1. The van der Waals surface area contributed by atoms with Gasteiger partial charge in [-0.25, -0.2) is 0 Å². The minimum absolute atomic E-state index is 0.00191. The highest BCUT2D eigenvalue weighted by atomic mass is 16.5. The third-order valence-corrected chi connectivity index (χ3v) is 3.41. The monoisotopic (exact) mass is 256 g/mol. The van der Waals surface area contributed by atoms with Crippen molar-refractivity contribution in [2.24, 2.45) is 11.8 Å². The molecule has 1 aliphatic rings. The van der Waals surface area contributed by atoms with Gasteiger partial charge in [-0.05, 0) is 24.1 Å². The van der Waals surface area contributed by atoms with Crippen LogP contribution in [0.3, 0.4) is 0 Å². The largest absolute Gasteiger partial charge is 0.469 e. The molecule has 0 unspecified atom stereocenters. The zero-order chi connectivity index (χ0) is 13.8. The van der Waals surface area contributed by atoms with Crippen molar-refractivity contribution in [3.63, 3.8) is 0 Å². The molecule has 0 fully saturated rings. The number of carbonyl (C=O) groups is 1. The first-order valence-corrected chi connectivity index (χ1v) is 6.19. The van der Waals surface area contributed by atoms with E-state index in [0.717, 1.165) is 5.69 Å². The Bertz CT molecular complexity index is 531. The molecule has 0 radical (unpaired) electrons. The summed E-state index contributed by atoms with van der Waals surface area (Å²) in [5, 5.41) is 9.25. The van der Waals surface area contributed by atoms with E-state index in [1.54, 1.807) is 0 Å². The Morgan fingerprint density at radius 3 is 2.68 bits per heavy atom. The zero-order valence-corrected chi connectivity index (χ0v) is 11.0. The third-order valence-electron chi connectivity index (χ3n) is 3.41. The van der Waals surface area contributed by atoms with E-state index in [1.165, 1.54) is 7.11 Å². The van der Waals surface area contributed by atoms with Gasteiger partial charge in [0.15, 0.2) is 0 Å². The number of rotatable bonds is 2. The first kappa shape index (κ1) is 13.2. The molecule has 0 bridgehead atoms. The summed E-state index contributed by atoms with van der Waals surface area (Å²) in [6.45, 7) is 2.40. The maximum Gasteiger partial charge on any atom is 0.311 e. The highest BCUT2D eigenvalue weighted by molar-refractivity contribution is 5.75. The van der Waals surface area contributed by atoms with Crippen LogP contribution in [0, 0.1) is 23.2 Å². The van der Waals surface area contributed by atoms with Crippen molar-refractivity contribution in [2.75, 3.05) is 18.6 Å². The highest BCUT2D eigenvalue weighted by Gasteiger charge is 2.33. The number of para-hydroxylation sites is 1. The minimum atomic E-state index is -0.248. The molecule has 0 saturated heterocycles. The van der Waals surface area contributed by atoms with Crippen molar-refractivity contribution in [2.45, 2.75) is 6.92 Å². The smallest absolute Gasteiger partial charge is 0.311 e. The Morgan fingerprint density at radius 1 is 1.42 bits per heavy atom. The molecule has 1 aliphatic heterocycles. The number of esters is 1. The molecule has 4 heteroatoms. The number of ether oxygens (including phenoxy) is 1. The highest BCUT2D eigenvalue weighted by Crippen LogP contribution is 2.30. The van der Waals surface area contributed by atoms with Gasteiger partial charge in [0.1, 0.15) is 11.8 Å². The topological polar surface area (TPSA) is 53.3 Å². The van der Waals surface area contributed by atoms with Crippen LogP contribution < -0.4 is 4.90 Å². The van der Waals surface area contributed by atoms with Crippen LogP contribution >= 0.6 is 0 Å². The molecule has 2 rings (SSSR count). The van der Waals surface area contributed by atoms with Crippen molar-refractivity contribution < 1.29 is 9.53 Å². The summed E-state index contributed by atoms with van der Waals surface area (Å²) in [5.41, 5.74) is 1.50. The van der Waals surface area contributed by atoms with Crippen molar-refractivity contribution in [1.82, 2.24) is 0 Å². The first-order valence-electron chi connectivity index (χ1n) is 6.19. The first-order chi connectivity index (χ1) is 9.17. The molecule has 0 aromatic heterocycles. The average Bonchev–Trinajstić information content (AvgIpc) is 2.47. The number of nitriles is 1. The second kappa shape index (κ2) is 5.57. The van der Waals surface area contributed by atoms with Crippen LogP contribution in [0.1, 0.15) is 6.92 Å². The standard InChI is InChI=1S/C15H16N2O2/c1-11-8-13(9-16)17(10-14(11)15(18)19-2)12-6-4-3-5-7-12/h3-8,11,14H,10H2,1-2H3/t11-,14+/m0/s1. The molecule has 0 saturated carbocycles. The number of benzene rings is 1. The predicted octanol–water partition coefficient (Wildman–Crippen LogP) is 2.34. The van der Waals surface area contributed by atoms with Gasteiger partial charge < -0.3 is 9.64 Å². The van der Waals surface area contributed by atoms with Gasteiger partial charge in [-0.2, -0.15) is 5.26 Å². The summed E-state index contributed by atoms with van der Waals surface area (Å²) in [6, 6.07) is 11.8. The van der Waals surface area contributed by atoms with Gasteiger partial charge in [0.25, 0.3) is 0 Å². The van der Waals surface area contributed by atoms with E-state index in [9.17, 15) is 10.1 Å². The second-order valence-corrected chi connectivity index (χ2v) is 4.60. The van der Waals surface area contributed by atoms with Crippen molar-refractivity contribution in [1.29, 1.82) is 5.26 Å². The summed E-state index contributed by atoms with van der Waals surface area (Å²) in [5.74, 6) is -0.481. The lowest BCUT2D eigenvalue weighted by Crippen LogP contribution is -2.40. The molecule has 1 aromatic rings. The van der Waals surface area contributed by atoms with Crippen LogP contribution in [0.15, 0.2) is 42.1 Å². The van der Waals surface area contributed by atoms with Gasteiger partial charge in [-0.3, -0.25) is 4.79 Å². The summed E-state index contributed by atoms with van der Waals surface area (Å²) in [7, 11) is 1.39. The molecule has 0 spiro atoms. The number of hydrogen-bond acceptors (Lipinski definition) is 4. The van der Waals surface area contributed by atoms with Gasteiger partial charge in [0.2, 0.25) is 0 Å². The molecule has 1 aromatic carbocycles. The molecular weight excluding hydrogens is 240 g/mol. The van der Waals surface area contributed by atoms with Gasteiger partial charge in [-0.15, -0.1) is 0 Å². The van der Waals surface area contributed by atoms with E-state index in [-0.39, 0.29) is 17.8 Å². The lowest BCUT2D eigenvalue weighted by atomic mass is 9.89.